The minimum absolute atomic E-state index is 0.0299. The summed E-state index contributed by atoms with van der Waals surface area (Å²) in [6.45, 7) is 3.82. The van der Waals surface area contributed by atoms with Crippen LogP contribution >= 0.6 is 11.3 Å². The van der Waals surface area contributed by atoms with Gasteiger partial charge in [0.05, 0.1) is 10.9 Å². The Morgan fingerprint density at radius 3 is 2.92 bits per heavy atom. The monoisotopic (exact) mass is 341 g/mol. The highest BCUT2D eigenvalue weighted by Gasteiger charge is 2.22. The Kier molecular flexibility index (Phi) is 3.64. The van der Waals surface area contributed by atoms with Crippen molar-refractivity contribution in [2.75, 3.05) is 0 Å². The first-order chi connectivity index (χ1) is 11.6. The summed E-state index contributed by atoms with van der Waals surface area (Å²) in [6.07, 6.45) is 5.97. The largest absolute Gasteiger partial charge is 0.350 e. The number of aromatic nitrogens is 2. The van der Waals surface area contributed by atoms with E-state index in [2.05, 4.69) is 5.32 Å². The lowest BCUT2D eigenvalue weighted by molar-refractivity contribution is 0.0944. The number of hydrogen-bond acceptors (Lipinski definition) is 4. The molecule has 6 heteroatoms. The van der Waals surface area contributed by atoms with Crippen LogP contribution in [0.5, 0.6) is 0 Å². The maximum atomic E-state index is 13.0. The third-order valence-electron chi connectivity index (χ3n) is 4.42. The van der Waals surface area contributed by atoms with E-state index in [9.17, 15) is 9.59 Å². The van der Waals surface area contributed by atoms with Crippen LogP contribution in [-0.2, 0) is 12.8 Å². The quantitative estimate of drug-likeness (QED) is 0.779. The molecule has 3 heterocycles. The summed E-state index contributed by atoms with van der Waals surface area (Å²) >= 11 is 1.61. The van der Waals surface area contributed by atoms with Crippen molar-refractivity contribution in [2.45, 2.75) is 45.6 Å². The molecular formula is C18H19N3O2S. The van der Waals surface area contributed by atoms with Gasteiger partial charge in [-0.05, 0) is 57.2 Å². The van der Waals surface area contributed by atoms with Crippen molar-refractivity contribution in [1.29, 1.82) is 0 Å². The number of rotatable bonds is 2. The van der Waals surface area contributed by atoms with E-state index >= 15 is 0 Å². The average molecular weight is 341 g/mol. The third-order valence-corrected chi connectivity index (χ3v) is 5.61. The van der Waals surface area contributed by atoms with E-state index in [-0.39, 0.29) is 17.5 Å². The fraction of sp³-hybridized carbons (Fsp3) is 0.389. The molecule has 24 heavy (non-hydrogen) atoms. The topological polar surface area (TPSA) is 63.5 Å². The molecular weight excluding hydrogens is 322 g/mol. The second-order valence-electron chi connectivity index (χ2n) is 6.55. The van der Waals surface area contributed by atoms with E-state index < -0.39 is 0 Å². The lowest BCUT2D eigenvalue weighted by atomic mass is 9.97. The highest BCUT2D eigenvalue weighted by atomic mass is 32.1. The molecule has 5 nitrogen and oxygen atoms in total. The molecule has 0 aromatic carbocycles. The Hall–Kier alpha value is -2.21. The second-order valence-corrected chi connectivity index (χ2v) is 7.64. The number of pyridine rings is 1. The van der Waals surface area contributed by atoms with Crippen molar-refractivity contribution in [1.82, 2.24) is 14.7 Å². The zero-order valence-electron chi connectivity index (χ0n) is 13.8. The van der Waals surface area contributed by atoms with Crippen molar-refractivity contribution in [3.05, 3.63) is 44.7 Å². The van der Waals surface area contributed by atoms with Crippen LogP contribution < -0.4 is 10.9 Å². The van der Waals surface area contributed by atoms with Gasteiger partial charge < -0.3 is 5.32 Å². The lowest BCUT2D eigenvalue weighted by Crippen LogP contribution is -2.31. The highest BCUT2D eigenvalue weighted by molar-refractivity contribution is 7.18. The molecule has 0 atom stereocenters. The zero-order valence-corrected chi connectivity index (χ0v) is 14.6. The Labute approximate surface area is 143 Å². The summed E-state index contributed by atoms with van der Waals surface area (Å²) in [5.74, 6) is -0.198. The van der Waals surface area contributed by atoms with Crippen molar-refractivity contribution < 1.29 is 4.79 Å². The van der Waals surface area contributed by atoms with Gasteiger partial charge in [0, 0.05) is 17.1 Å². The minimum atomic E-state index is -0.198. The maximum Gasteiger partial charge on any atom is 0.266 e. The molecule has 1 amide bonds. The first-order valence-corrected chi connectivity index (χ1v) is 9.14. The molecule has 4 rings (SSSR count). The Morgan fingerprint density at radius 2 is 2.12 bits per heavy atom. The molecule has 0 fully saturated rings. The van der Waals surface area contributed by atoms with Crippen LogP contribution in [0.25, 0.3) is 15.9 Å². The second kappa shape index (κ2) is 5.70. The molecule has 1 N–H and O–H groups in total. The van der Waals surface area contributed by atoms with E-state index in [1.54, 1.807) is 29.7 Å². The number of thiophene rings is 1. The van der Waals surface area contributed by atoms with Crippen molar-refractivity contribution >= 4 is 33.1 Å². The number of hydrogen-bond donors (Lipinski definition) is 1. The molecule has 0 saturated carbocycles. The van der Waals surface area contributed by atoms with Gasteiger partial charge in [-0.1, -0.05) is 0 Å². The van der Waals surface area contributed by atoms with E-state index in [0.29, 0.717) is 11.2 Å². The summed E-state index contributed by atoms with van der Waals surface area (Å²) in [4.78, 5) is 32.2. The summed E-state index contributed by atoms with van der Waals surface area (Å²) in [5, 5.41) is 3.62. The molecule has 3 aromatic rings. The number of nitrogens with one attached hydrogen (secondary N) is 1. The predicted molar refractivity (Wildman–Crippen MR) is 96.1 cm³/mol. The van der Waals surface area contributed by atoms with Crippen LogP contribution in [0.3, 0.4) is 0 Å². The van der Waals surface area contributed by atoms with E-state index in [4.69, 9.17) is 4.98 Å². The summed E-state index contributed by atoms with van der Waals surface area (Å²) in [5.41, 5.74) is 1.99. The normalized spacial score (nSPS) is 14.3. The number of fused-ring (bicyclic) bond motifs is 4. The molecule has 0 bridgehead atoms. The molecule has 124 valence electrons. The Morgan fingerprint density at radius 1 is 1.33 bits per heavy atom. The first kappa shape index (κ1) is 15.3. The van der Waals surface area contributed by atoms with Gasteiger partial charge in [-0.25, -0.2) is 4.98 Å². The lowest BCUT2D eigenvalue weighted by Gasteiger charge is -2.11. The van der Waals surface area contributed by atoms with Crippen molar-refractivity contribution in [3.8, 4) is 0 Å². The number of carbonyl (C=O) groups is 1. The highest BCUT2D eigenvalue weighted by Crippen LogP contribution is 2.34. The number of aryl methyl sites for hydroxylation is 2. The summed E-state index contributed by atoms with van der Waals surface area (Å²) in [7, 11) is 0. The Bertz CT molecular complexity index is 1020. The van der Waals surface area contributed by atoms with Gasteiger partial charge in [0.2, 0.25) is 0 Å². The van der Waals surface area contributed by atoms with Crippen molar-refractivity contribution in [2.24, 2.45) is 0 Å². The molecule has 0 unspecified atom stereocenters. The average Bonchev–Trinajstić information content (AvgIpc) is 2.92. The molecule has 3 aromatic heterocycles. The Balaban J connectivity index is 2.01. The van der Waals surface area contributed by atoms with Gasteiger partial charge in [-0.2, -0.15) is 0 Å². The van der Waals surface area contributed by atoms with Crippen LogP contribution in [0.4, 0.5) is 0 Å². The fourth-order valence-corrected chi connectivity index (χ4v) is 4.61. The van der Waals surface area contributed by atoms with Crippen LogP contribution in [0.1, 0.15) is 47.5 Å². The smallest absolute Gasteiger partial charge is 0.266 e. The van der Waals surface area contributed by atoms with E-state index in [1.807, 2.05) is 13.8 Å². The van der Waals surface area contributed by atoms with Gasteiger partial charge in [-0.3, -0.25) is 14.0 Å². The van der Waals surface area contributed by atoms with Crippen LogP contribution in [0, 0.1) is 0 Å². The third kappa shape index (κ3) is 2.33. The van der Waals surface area contributed by atoms with Gasteiger partial charge in [0.1, 0.15) is 4.83 Å². The summed E-state index contributed by atoms with van der Waals surface area (Å²) < 4.78 is 1.51. The first-order valence-electron chi connectivity index (χ1n) is 8.32. The van der Waals surface area contributed by atoms with Gasteiger partial charge in [0.15, 0.2) is 5.65 Å². The van der Waals surface area contributed by atoms with Crippen LogP contribution in [0.2, 0.25) is 0 Å². The molecule has 0 saturated heterocycles. The summed E-state index contributed by atoms with van der Waals surface area (Å²) in [6, 6.07) is 3.48. The van der Waals surface area contributed by atoms with Gasteiger partial charge in [0.25, 0.3) is 11.5 Å². The molecule has 1 aliphatic rings. The number of amides is 1. The van der Waals surface area contributed by atoms with Gasteiger partial charge >= 0.3 is 0 Å². The maximum absolute atomic E-state index is 13.0. The predicted octanol–water partition coefficient (Wildman–Crippen LogP) is 2.93. The van der Waals surface area contributed by atoms with E-state index in [0.717, 1.165) is 29.5 Å². The minimum Gasteiger partial charge on any atom is -0.350 e. The molecule has 1 aliphatic carbocycles. The van der Waals surface area contributed by atoms with Crippen LogP contribution in [0.15, 0.2) is 23.1 Å². The fourth-order valence-electron chi connectivity index (χ4n) is 3.36. The molecule has 0 aliphatic heterocycles. The zero-order chi connectivity index (χ0) is 16.8. The molecule has 0 spiro atoms. The standard InChI is InChI=1S/C18H19N3O2S/c1-10(2)19-16(22)12-7-5-9-21-15(12)20-17-14(18(21)23)11-6-3-4-8-13(11)24-17/h5,7,9-10H,3-4,6,8H2,1-2H3,(H,19,22). The molecule has 0 radical (unpaired) electrons. The SMILES string of the molecule is CC(C)NC(=O)c1cccn2c(=O)c3c4c(sc3nc12)CCCC4. The van der Waals surface area contributed by atoms with Gasteiger partial charge in [-0.15, -0.1) is 11.3 Å². The van der Waals surface area contributed by atoms with E-state index in [1.165, 1.54) is 21.3 Å². The van der Waals surface area contributed by atoms with Crippen molar-refractivity contribution in [3.63, 3.8) is 0 Å². The number of nitrogens with zero attached hydrogens (tertiary/aromatic N) is 2. The number of carbonyl (C=O) groups excluding carboxylic acids is 1. The van der Waals surface area contributed by atoms with Crippen LogP contribution in [-0.4, -0.2) is 21.3 Å².